The predicted octanol–water partition coefficient (Wildman–Crippen LogP) is 5.80. The third-order valence-corrected chi connectivity index (χ3v) is 4.67. The minimum Gasteiger partial charge on any atom is -0.493 e. The van der Waals surface area contributed by atoms with Crippen LogP contribution in [-0.4, -0.2) is 12.5 Å². The van der Waals surface area contributed by atoms with Crippen molar-refractivity contribution in [2.24, 2.45) is 0 Å². The van der Waals surface area contributed by atoms with Crippen molar-refractivity contribution < 1.29 is 13.9 Å². The zero-order valence-corrected chi connectivity index (χ0v) is 16.5. The number of hydrogen-bond acceptors (Lipinski definition) is 3. The van der Waals surface area contributed by atoms with Gasteiger partial charge in [-0.05, 0) is 64.0 Å². The first-order chi connectivity index (χ1) is 12.9. The topological polar surface area (TPSA) is 51.5 Å². The van der Waals surface area contributed by atoms with Crippen LogP contribution in [0, 0.1) is 20.8 Å². The van der Waals surface area contributed by atoms with Crippen LogP contribution < -0.4 is 10.1 Å². The number of hydrogen-bond donors (Lipinski definition) is 1. The standard InChI is InChI=1S/C23H25NO3/c1-6-26-21-13-22-20(16(4)17(5)27-22)12-19(21)15(3)11-23(25)24-18-9-7-14(2)8-10-18/h7-13H,6H2,1-5H3,(H,24,25)/b15-11+. The Bertz CT molecular complexity index is 1010. The number of benzene rings is 2. The smallest absolute Gasteiger partial charge is 0.248 e. The van der Waals surface area contributed by atoms with Gasteiger partial charge in [0.1, 0.15) is 17.1 Å². The third-order valence-electron chi connectivity index (χ3n) is 4.67. The number of anilines is 1. The second kappa shape index (κ2) is 7.70. The van der Waals surface area contributed by atoms with Gasteiger partial charge in [-0.2, -0.15) is 0 Å². The highest BCUT2D eigenvalue weighted by Gasteiger charge is 2.14. The Morgan fingerprint density at radius 1 is 1.15 bits per heavy atom. The van der Waals surface area contributed by atoms with Crippen LogP contribution in [0.1, 0.15) is 36.3 Å². The molecule has 1 aromatic heterocycles. The molecule has 0 spiro atoms. The molecule has 1 amide bonds. The van der Waals surface area contributed by atoms with Gasteiger partial charge in [0.2, 0.25) is 5.91 Å². The average molecular weight is 363 g/mol. The quantitative estimate of drug-likeness (QED) is 0.583. The SMILES string of the molecule is CCOc1cc2oc(C)c(C)c2cc1/C(C)=C/C(=O)Nc1ccc(C)cc1. The number of carbonyl (C=O) groups is 1. The van der Waals surface area contributed by atoms with E-state index in [9.17, 15) is 4.79 Å². The number of fused-ring (bicyclic) bond motifs is 1. The van der Waals surface area contributed by atoms with Gasteiger partial charge in [0.05, 0.1) is 6.61 Å². The second-order valence-electron chi connectivity index (χ2n) is 6.74. The predicted molar refractivity (Wildman–Crippen MR) is 110 cm³/mol. The van der Waals surface area contributed by atoms with Crippen molar-refractivity contribution in [3.8, 4) is 5.75 Å². The molecule has 0 fully saturated rings. The lowest BCUT2D eigenvalue weighted by atomic mass is 10.0. The van der Waals surface area contributed by atoms with E-state index in [1.807, 2.05) is 71.0 Å². The summed E-state index contributed by atoms with van der Waals surface area (Å²) >= 11 is 0. The van der Waals surface area contributed by atoms with Crippen molar-refractivity contribution >= 4 is 28.1 Å². The van der Waals surface area contributed by atoms with Crippen molar-refractivity contribution in [3.63, 3.8) is 0 Å². The number of rotatable bonds is 5. The fraction of sp³-hybridized carbons (Fsp3) is 0.261. The molecule has 0 saturated heterocycles. The first-order valence-corrected chi connectivity index (χ1v) is 9.12. The lowest BCUT2D eigenvalue weighted by Gasteiger charge is -2.11. The summed E-state index contributed by atoms with van der Waals surface area (Å²) in [6, 6.07) is 11.7. The fourth-order valence-electron chi connectivity index (χ4n) is 3.04. The van der Waals surface area contributed by atoms with Gasteiger partial charge in [-0.1, -0.05) is 17.7 Å². The lowest BCUT2D eigenvalue weighted by Crippen LogP contribution is -2.08. The van der Waals surface area contributed by atoms with Crippen LogP contribution in [-0.2, 0) is 4.79 Å². The Kier molecular flexibility index (Phi) is 5.36. The minimum atomic E-state index is -0.168. The molecule has 1 N–H and O–H groups in total. The largest absolute Gasteiger partial charge is 0.493 e. The highest BCUT2D eigenvalue weighted by atomic mass is 16.5. The van der Waals surface area contributed by atoms with E-state index in [0.29, 0.717) is 6.61 Å². The Labute approximate surface area is 159 Å². The van der Waals surface area contributed by atoms with Crippen LogP contribution in [0.2, 0.25) is 0 Å². The maximum Gasteiger partial charge on any atom is 0.248 e. The van der Waals surface area contributed by atoms with E-state index in [0.717, 1.165) is 50.4 Å². The van der Waals surface area contributed by atoms with Crippen molar-refractivity contribution in [1.82, 2.24) is 0 Å². The number of nitrogens with one attached hydrogen (secondary N) is 1. The Hall–Kier alpha value is -3.01. The molecule has 0 unspecified atom stereocenters. The summed E-state index contributed by atoms with van der Waals surface area (Å²) < 4.78 is 11.6. The molecule has 0 radical (unpaired) electrons. The summed E-state index contributed by atoms with van der Waals surface area (Å²) in [5, 5.41) is 3.94. The average Bonchev–Trinajstić information content (AvgIpc) is 2.90. The molecule has 4 heteroatoms. The fourth-order valence-corrected chi connectivity index (χ4v) is 3.04. The molecule has 27 heavy (non-hydrogen) atoms. The van der Waals surface area contributed by atoms with Gasteiger partial charge >= 0.3 is 0 Å². The van der Waals surface area contributed by atoms with Crippen LogP contribution >= 0.6 is 0 Å². The van der Waals surface area contributed by atoms with Crippen molar-refractivity contribution in [2.75, 3.05) is 11.9 Å². The molecular formula is C23H25NO3. The molecule has 0 saturated carbocycles. The van der Waals surface area contributed by atoms with Gasteiger partial charge < -0.3 is 14.5 Å². The summed E-state index contributed by atoms with van der Waals surface area (Å²) in [6.45, 7) is 10.4. The van der Waals surface area contributed by atoms with E-state index in [1.54, 1.807) is 6.08 Å². The maximum atomic E-state index is 12.4. The number of carbonyl (C=O) groups excluding carboxylic acids is 1. The van der Waals surface area contributed by atoms with Gasteiger partial charge in [-0.3, -0.25) is 4.79 Å². The van der Waals surface area contributed by atoms with Gasteiger partial charge in [0.15, 0.2) is 0 Å². The zero-order chi connectivity index (χ0) is 19.6. The summed E-state index contributed by atoms with van der Waals surface area (Å²) in [5.41, 5.74) is 5.56. The van der Waals surface area contributed by atoms with E-state index in [1.165, 1.54) is 0 Å². The van der Waals surface area contributed by atoms with Gasteiger partial charge in [0.25, 0.3) is 0 Å². The number of ether oxygens (including phenoxy) is 1. The minimum absolute atomic E-state index is 0.168. The summed E-state index contributed by atoms with van der Waals surface area (Å²) in [4.78, 5) is 12.4. The molecule has 0 atom stereocenters. The molecule has 3 aromatic rings. The maximum absolute atomic E-state index is 12.4. The summed E-state index contributed by atoms with van der Waals surface area (Å²) in [6.07, 6.45) is 1.60. The Balaban J connectivity index is 1.94. The van der Waals surface area contributed by atoms with Crippen molar-refractivity contribution in [2.45, 2.75) is 34.6 Å². The number of amides is 1. The summed E-state index contributed by atoms with van der Waals surface area (Å²) in [5.74, 6) is 1.44. The van der Waals surface area contributed by atoms with Gasteiger partial charge in [0, 0.05) is 28.8 Å². The first-order valence-electron chi connectivity index (χ1n) is 9.12. The van der Waals surface area contributed by atoms with Crippen LogP contribution in [0.3, 0.4) is 0 Å². The molecule has 4 nitrogen and oxygen atoms in total. The Morgan fingerprint density at radius 2 is 1.85 bits per heavy atom. The zero-order valence-electron chi connectivity index (χ0n) is 16.5. The molecule has 140 valence electrons. The van der Waals surface area contributed by atoms with Crippen molar-refractivity contribution in [3.05, 3.63) is 64.9 Å². The van der Waals surface area contributed by atoms with E-state index in [-0.39, 0.29) is 5.91 Å². The number of aryl methyl sites for hydroxylation is 3. The monoisotopic (exact) mass is 363 g/mol. The van der Waals surface area contributed by atoms with E-state index in [2.05, 4.69) is 5.32 Å². The molecule has 0 bridgehead atoms. The molecule has 0 aliphatic carbocycles. The van der Waals surface area contributed by atoms with E-state index in [4.69, 9.17) is 9.15 Å². The van der Waals surface area contributed by atoms with Crippen LogP contribution in [0.4, 0.5) is 5.69 Å². The van der Waals surface area contributed by atoms with Crippen LogP contribution in [0.25, 0.3) is 16.5 Å². The highest BCUT2D eigenvalue weighted by molar-refractivity contribution is 6.04. The lowest BCUT2D eigenvalue weighted by molar-refractivity contribution is -0.111. The second-order valence-corrected chi connectivity index (χ2v) is 6.74. The van der Waals surface area contributed by atoms with Gasteiger partial charge in [-0.25, -0.2) is 0 Å². The number of furan rings is 1. The van der Waals surface area contributed by atoms with E-state index >= 15 is 0 Å². The third kappa shape index (κ3) is 4.05. The molecular weight excluding hydrogens is 338 g/mol. The molecule has 0 aliphatic heterocycles. The van der Waals surface area contributed by atoms with Gasteiger partial charge in [-0.15, -0.1) is 0 Å². The highest BCUT2D eigenvalue weighted by Crippen LogP contribution is 2.35. The molecule has 1 heterocycles. The van der Waals surface area contributed by atoms with Crippen molar-refractivity contribution in [1.29, 1.82) is 0 Å². The molecule has 2 aromatic carbocycles. The number of allylic oxidation sites excluding steroid dienone is 1. The molecule has 0 aliphatic rings. The molecule has 3 rings (SSSR count). The summed E-state index contributed by atoms with van der Waals surface area (Å²) in [7, 11) is 0. The van der Waals surface area contributed by atoms with Crippen LogP contribution in [0.5, 0.6) is 5.75 Å². The van der Waals surface area contributed by atoms with Crippen LogP contribution in [0.15, 0.2) is 46.9 Å². The Morgan fingerprint density at radius 3 is 2.52 bits per heavy atom. The normalized spacial score (nSPS) is 11.7. The van der Waals surface area contributed by atoms with E-state index < -0.39 is 0 Å². The first kappa shape index (κ1) is 18.8.